The molecule has 0 saturated carbocycles. The van der Waals surface area contributed by atoms with Gasteiger partial charge < -0.3 is 15.0 Å². The van der Waals surface area contributed by atoms with Crippen LogP contribution in [0.15, 0.2) is 24.3 Å². The van der Waals surface area contributed by atoms with Crippen LogP contribution in [0.25, 0.3) is 0 Å². The van der Waals surface area contributed by atoms with Gasteiger partial charge in [0, 0.05) is 13.1 Å². The van der Waals surface area contributed by atoms with Gasteiger partial charge in [-0.25, -0.2) is 0 Å². The minimum Gasteiger partial charge on any atom is -0.492 e. The molecule has 0 unspecified atom stereocenters. The second kappa shape index (κ2) is 9.78. The third-order valence-electron chi connectivity index (χ3n) is 3.33. The van der Waals surface area contributed by atoms with Crippen LogP contribution in [0, 0.1) is 5.92 Å². The summed E-state index contributed by atoms with van der Waals surface area (Å²) in [5.74, 6) is 1.73. The number of rotatable bonds is 10. The summed E-state index contributed by atoms with van der Waals surface area (Å²) >= 11 is 0. The van der Waals surface area contributed by atoms with Gasteiger partial charge in [0.25, 0.3) is 0 Å². The molecule has 0 amide bonds. The summed E-state index contributed by atoms with van der Waals surface area (Å²) < 4.78 is 5.78. The molecule has 1 aromatic carbocycles. The summed E-state index contributed by atoms with van der Waals surface area (Å²) in [7, 11) is 2.16. The molecule has 0 saturated heterocycles. The van der Waals surface area contributed by atoms with Crippen molar-refractivity contribution < 1.29 is 4.74 Å². The summed E-state index contributed by atoms with van der Waals surface area (Å²) in [6, 6.07) is 8.36. The predicted molar refractivity (Wildman–Crippen MR) is 86.3 cm³/mol. The van der Waals surface area contributed by atoms with Gasteiger partial charge in [0.15, 0.2) is 0 Å². The van der Waals surface area contributed by atoms with E-state index in [0.29, 0.717) is 0 Å². The summed E-state index contributed by atoms with van der Waals surface area (Å²) in [5, 5.41) is 3.32. The summed E-state index contributed by atoms with van der Waals surface area (Å²) in [5.41, 5.74) is 1.30. The molecule has 1 rings (SSSR count). The van der Waals surface area contributed by atoms with Crippen LogP contribution >= 0.6 is 0 Å². The van der Waals surface area contributed by atoms with Gasteiger partial charge >= 0.3 is 0 Å². The molecule has 0 fully saturated rings. The quantitative estimate of drug-likeness (QED) is 0.711. The first kappa shape index (κ1) is 17.0. The molecule has 0 heterocycles. The zero-order valence-corrected chi connectivity index (χ0v) is 13.5. The molecular weight excluding hydrogens is 248 g/mol. The van der Waals surface area contributed by atoms with Crippen LogP contribution in [-0.2, 0) is 6.54 Å². The third-order valence-corrected chi connectivity index (χ3v) is 3.33. The van der Waals surface area contributed by atoms with Crippen LogP contribution in [-0.4, -0.2) is 38.2 Å². The molecular formula is C17H30N2O. The van der Waals surface area contributed by atoms with Gasteiger partial charge in [-0.15, -0.1) is 0 Å². The number of benzene rings is 1. The molecule has 0 aliphatic heterocycles. The SMILES string of the molecule is CCNCc1ccc(OCCN(C)CCC(C)C)cc1. The largest absolute Gasteiger partial charge is 0.492 e. The maximum absolute atomic E-state index is 5.78. The van der Waals surface area contributed by atoms with Crippen LogP contribution in [0.5, 0.6) is 5.75 Å². The number of hydrogen-bond donors (Lipinski definition) is 1. The van der Waals surface area contributed by atoms with Gasteiger partial charge in [-0.3, -0.25) is 0 Å². The molecule has 0 aliphatic carbocycles. The van der Waals surface area contributed by atoms with Crippen molar-refractivity contribution in [2.24, 2.45) is 5.92 Å². The van der Waals surface area contributed by atoms with E-state index in [1.165, 1.54) is 12.0 Å². The van der Waals surface area contributed by atoms with E-state index < -0.39 is 0 Å². The second-order valence-corrected chi connectivity index (χ2v) is 5.76. The highest BCUT2D eigenvalue weighted by Crippen LogP contribution is 2.12. The smallest absolute Gasteiger partial charge is 0.119 e. The molecule has 0 spiro atoms. The molecule has 114 valence electrons. The zero-order chi connectivity index (χ0) is 14.8. The van der Waals surface area contributed by atoms with Crippen molar-refractivity contribution in [3.05, 3.63) is 29.8 Å². The lowest BCUT2D eigenvalue weighted by atomic mass is 10.1. The molecule has 0 atom stereocenters. The van der Waals surface area contributed by atoms with Gasteiger partial charge in [0.2, 0.25) is 0 Å². The first-order chi connectivity index (χ1) is 9.61. The lowest BCUT2D eigenvalue weighted by molar-refractivity contribution is 0.230. The van der Waals surface area contributed by atoms with E-state index in [4.69, 9.17) is 4.74 Å². The highest BCUT2D eigenvalue weighted by molar-refractivity contribution is 5.27. The predicted octanol–water partition coefficient (Wildman–Crippen LogP) is 3.15. The van der Waals surface area contributed by atoms with Crippen LogP contribution in [0.4, 0.5) is 0 Å². The molecule has 1 aromatic rings. The van der Waals surface area contributed by atoms with Crippen LogP contribution in [0.2, 0.25) is 0 Å². The highest BCUT2D eigenvalue weighted by atomic mass is 16.5. The number of nitrogens with one attached hydrogen (secondary N) is 1. The monoisotopic (exact) mass is 278 g/mol. The van der Waals surface area contributed by atoms with Crippen LogP contribution in [0.1, 0.15) is 32.8 Å². The average molecular weight is 278 g/mol. The zero-order valence-electron chi connectivity index (χ0n) is 13.5. The van der Waals surface area contributed by atoms with Crippen molar-refractivity contribution in [1.82, 2.24) is 10.2 Å². The molecule has 3 nitrogen and oxygen atoms in total. The van der Waals surface area contributed by atoms with Crippen molar-refractivity contribution >= 4 is 0 Å². The fourth-order valence-electron chi connectivity index (χ4n) is 1.88. The fraction of sp³-hybridized carbons (Fsp3) is 0.647. The van der Waals surface area contributed by atoms with Gasteiger partial charge in [-0.1, -0.05) is 32.9 Å². The molecule has 0 bridgehead atoms. The maximum atomic E-state index is 5.78. The maximum Gasteiger partial charge on any atom is 0.119 e. The van der Waals surface area contributed by atoms with E-state index in [1.54, 1.807) is 0 Å². The molecule has 3 heteroatoms. The van der Waals surface area contributed by atoms with Crippen molar-refractivity contribution in [1.29, 1.82) is 0 Å². The Morgan fingerprint density at radius 1 is 1.15 bits per heavy atom. The molecule has 0 aromatic heterocycles. The topological polar surface area (TPSA) is 24.5 Å². The Bertz CT molecular complexity index is 349. The Morgan fingerprint density at radius 3 is 2.45 bits per heavy atom. The Labute approximate surface area is 124 Å². The Morgan fingerprint density at radius 2 is 1.85 bits per heavy atom. The average Bonchev–Trinajstić information content (AvgIpc) is 2.44. The van der Waals surface area contributed by atoms with Gasteiger partial charge in [-0.05, 0) is 50.2 Å². The van der Waals surface area contributed by atoms with Crippen LogP contribution < -0.4 is 10.1 Å². The Balaban J connectivity index is 2.21. The second-order valence-electron chi connectivity index (χ2n) is 5.76. The number of nitrogens with zero attached hydrogens (tertiary/aromatic N) is 1. The highest BCUT2D eigenvalue weighted by Gasteiger charge is 2.01. The fourth-order valence-corrected chi connectivity index (χ4v) is 1.88. The standard InChI is InChI=1S/C17H30N2O/c1-5-18-14-16-6-8-17(9-7-16)20-13-12-19(4)11-10-15(2)3/h6-9,15,18H,5,10-14H2,1-4H3. The van der Waals surface area contributed by atoms with E-state index in [-0.39, 0.29) is 0 Å². The molecule has 0 aliphatic rings. The molecule has 1 N–H and O–H groups in total. The van der Waals surface area contributed by atoms with E-state index in [0.717, 1.165) is 44.5 Å². The lowest BCUT2D eigenvalue weighted by Crippen LogP contribution is -2.26. The summed E-state index contributed by atoms with van der Waals surface area (Å²) in [4.78, 5) is 2.33. The normalized spacial score (nSPS) is 11.3. The van der Waals surface area contributed by atoms with Gasteiger partial charge in [-0.2, -0.15) is 0 Å². The van der Waals surface area contributed by atoms with Crippen molar-refractivity contribution in [3.8, 4) is 5.75 Å². The Kier molecular flexibility index (Phi) is 8.31. The van der Waals surface area contributed by atoms with Crippen molar-refractivity contribution in [3.63, 3.8) is 0 Å². The van der Waals surface area contributed by atoms with Crippen molar-refractivity contribution in [2.45, 2.75) is 33.7 Å². The number of likely N-dealkylation sites (N-methyl/N-ethyl adjacent to an activating group) is 1. The molecule has 0 radical (unpaired) electrons. The van der Waals surface area contributed by atoms with E-state index in [2.05, 4.69) is 62.3 Å². The number of ether oxygens (including phenoxy) is 1. The van der Waals surface area contributed by atoms with Crippen molar-refractivity contribution in [2.75, 3.05) is 33.3 Å². The van der Waals surface area contributed by atoms with E-state index >= 15 is 0 Å². The van der Waals surface area contributed by atoms with Gasteiger partial charge in [0.05, 0.1) is 0 Å². The first-order valence-corrected chi connectivity index (χ1v) is 7.72. The first-order valence-electron chi connectivity index (χ1n) is 7.72. The lowest BCUT2D eigenvalue weighted by Gasteiger charge is -2.18. The van der Waals surface area contributed by atoms with E-state index in [1.807, 2.05) is 0 Å². The summed E-state index contributed by atoms with van der Waals surface area (Å²) in [6.07, 6.45) is 1.25. The third kappa shape index (κ3) is 7.51. The minimum atomic E-state index is 0.751. The summed E-state index contributed by atoms with van der Waals surface area (Å²) in [6.45, 7) is 11.4. The Hall–Kier alpha value is -1.06. The number of hydrogen-bond acceptors (Lipinski definition) is 3. The van der Waals surface area contributed by atoms with Gasteiger partial charge in [0.1, 0.15) is 12.4 Å². The van der Waals surface area contributed by atoms with E-state index in [9.17, 15) is 0 Å². The minimum absolute atomic E-state index is 0.751. The van der Waals surface area contributed by atoms with Crippen LogP contribution in [0.3, 0.4) is 0 Å². The molecule has 20 heavy (non-hydrogen) atoms.